The van der Waals surface area contributed by atoms with Crippen LogP contribution in [0, 0.1) is 0 Å². The molecule has 28 heavy (non-hydrogen) atoms. The highest BCUT2D eigenvalue weighted by Gasteiger charge is 2.12. The van der Waals surface area contributed by atoms with Crippen LogP contribution in [0.2, 0.25) is 15.1 Å². The Balaban J connectivity index is 2.03. The Kier molecular flexibility index (Phi) is 7.99. The Morgan fingerprint density at radius 2 is 1.82 bits per heavy atom. The third-order valence-electron chi connectivity index (χ3n) is 3.44. The number of rotatable bonds is 6. The average molecular weight is 444 g/mol. The summed E-state index contributed by atoms with van der Waals surface area (Å²) >= 11 is 18.0. The molecule has 0 saturated carbocycles. The van der Waals surface area contributed by atoms with Gasteiger partial charge in [-0.05, 0) is 48.9 Å². The van der Waals surface area contributed by atoms with Crippen LogP contribution in [0.15, 0.2) is 36.4 Å². The molecule has 0 bridgehead atoms. The van der Waals surface area contributed by atoms with Gasteiger partial charge in [0.05, 0.1) is 29.3 Å². The van der Waals surface area contributed by atoms with Crippen molar-refractivity contribution in [2.24, 2.45) is 0 Å². The van der Waals surface area contributed by atoms with Crippen molar-refractivity contribution in [2.75, 3.05) is 13.7 Å². The summed E-state index contributed by atoms with van der Waals surface area (Å²) in [7, 11) is 1.49. The molecule has 2 rings (SSSR count). The molecule has 0 heterocycles. The van der Waals surface area contributed by atoms with Crippen molar-refractivity contribution in [3.63, 3.8) is 0 Å². The molecule has 0 aliphatic rings. The molecule has 0 saturated heterocycles. The first-order valence-corrected chi connectivity index (χ1v) is 9.22. The summed E-state index contributed by atoms with van der Waals surface area (Å²) in [6, 6.07) is 7.74. The van der Waals surface area contributed by atoms with Crippen molar-refractivity contribution in [2.45, 2.75) is 6.92 Å². The fraction of sp³-hybridized carbons (Fsp3) is 0.158. The monoisotopic (exact) mass is 442 g/mol. The van der Waals surface area contributed by atoms with Crippen molar-refractivity contribution >= 4 is 52.7 Å². The maximum Gasteiger partial charge on any atom is 0.271 e. The van der Waals surface area contributed by atoms with E-state index in [0.29, 0.717) is 33.7 Å². The summed E-state index contributed by atoms with van der Waals surface area (Å²) < 4.78 is 10.7. The van der Waals surface area contributed by atoms with Gasteiger partial charge in [-0.1, -0.05) is 34.8 Å². The van der Waals surface area contributed by atoms with Gasteiger partial charge in [-0.15, -0.1) is 0 Å². The van der Waals surface area contributed by atoms with Crippen LogP contribution in [0.5, 0.6) is 11.5 Å². The lowest BCUT2D eigenvalue weighted by Gasteiger charge is -2.12. The number of halogens is 3. The molecule has 2 aromatic rings. The third-order valence-corrected chi connectivity index (χ3v) is 4.29. The van der Waals surface area contributed by atoms with Gasteiger partial charge in [0.25, 0.3) is 11.8 Å². The zero-order valence-electron chi connectivity index (χ0n) is 15.0. The summed E-state index contributed by atoms with van der Waals surface area (Å²) in [6.07, 6.45) is 2.74. The zero-order chi connectivity index (χ0) is 20.7. The minimum absolute atomic E-state index is 0.140. The van der Waals surface area contributed by atoms with E-state index in [9.17, 15) is 9.59 Å². The van der Waals surface area contributed by atoms with E-state index >= 15 is 0 Å². The molecule has 0 aliphatic carbocycles. The maximum atomic E-state index is 12.1. The van der Waals surface area contributed by atoms with E-state index in [-0.39, 0.29) is 10.6 Å². The van der Waals surface area contributed by atoms with E-state index in [4.69, 9.17) is 44.3 Å². The van der Waals surface area contributed by atoms with Gasteiger partial charge in [-0.25, -0.2) is 0 Å². The molecule has 0 spiro atoms. The van der Waals surface area contributed by atoms with E-state index in [2.05, 4.69) is 10.9 Å². The summed E-state index contributed by atoms with van der Waals surface area (Å²) in [5.74, 6) is -0.284. The van der Waals surface area contributed by atoms with E-state index in [1.54, 1.807) is 18.2 Å². The quantitative estimate of drug-likeness (QED) is 0.508. The van der Waals surface area contributed by atoms with Crippen molar-refractivity contribution in [3.8, 4) is 11.5 Å². The molecule has 2 amide bonds. The van der Waals surface area contributed by atoms with Crippen LogP contribution in [0.25, 0.3) is 6.08 Å². The first-order chi connectivity index (χ1) is 13.3. The highest BCUT2D eigenvalue weighted by molar-refractivity contribution is 6.35. The smallest absolute Gasteiger partial charge is 0.271 e. The molecule has 0 fully saturated rings. The lowest BCUT2D eigenvalue weighted by atomic mass is 10.2. The molecular formula is C19H17Cl3N2O4. The molecule has 0 unspecified atom stereocenters. The largest absolute Gasteiger partial charge is 0.493 e. The highest BCUT2D eigenvalue weighted by Crippen LogP contribution is 2.36. The molecule has 2 N–H and O–H groups in total. The molecule has 0 aliphatic heterocycles. The summed E-state index contributed by atoms with van der Waals surface area (Å²) in [5, 5.41) is 0.912. The van der Waals surface area contributed by atoms with Gasteiger partial charge in [0.1, 0.15) is 0 Å². The van der Waals surface area contributed by atoms with Crippen LogP contribution in [0.1, 0.15) is 22.8 Å². The summed E-state index contributed by atoms with van der Waals surface area (Å²) in [4.78, 5) is 24.0. The van der Waals surface area contributed by atoms with E-state index < -0.39 is 11.8 Å². The fourth-order valence-electron chi connectivity index (χ4n) is 2.19. The fourth-order valence-corrected chi connectivity index (χ4v) is 2.84. The Morgan fingerprint density at radius 1 is 1.07 bits per heavy atom. The Morgan fingerprint density at radius 3 is 2.50 bits per heavy atom. The van der Waals surface area contributed by atoms with Crippen LogP contribution < -0.4 is 20.3 Å². The third kappa shape index (κ3) is 5.79. The van der Waals surface area contributed by atoms with Gasteiger partial charge in [-0.3, -0.25) is 20.4 Å². The van der Waals surface area contributed by atoms with Crippen LogP contribution in [-0.2, 0) is 4.79 Å². The number of carbonyl (C=O) groups is 2. The number of benzene rings is 2. The van der Waals surface area contributed by atoms with Crippen molar-refractivity contribution < 1.29 is 19.1 Å². The van der Waals surface area contributed by atoms with Crippen molar-refractivity contribution in [1.29, 1.82) is 0 Å². The van der Waals surface area contributed by atoms with Gasteiger partial charge in [0.2, 0.25) is 0 Å². The first-order valence-electron chi connectivity index (χ1n) is 8.09. The minimum atomic E-state index is -0.597. The van der Waals surface area contributed by atoms with E-state index in [0.717, 1.165) is 0 Å². The molecule has 6 nitrogen and oxygen atoms in total. The molecular weight excluding hydrogens is 427 g/mol. The topological polar surface area (TPSA) is 76.7 Å². The van der Waals surface area contributed by atoms with Crippen molar-refractivity contribution in [1.82, 2.24) is 10.9 Å². The molecule has 0 radical (unpaired) electrons. The lowest BCUT2D eigenvalue weighted by Crippen LogP contribution is -2.40. The number of methoxy groups -OCH3 is 1. The van der Waals surface area contributed by atoms with Crippen LogP contribution in [0.3, 0.4) is 0 Å². The highest BCUT2D eigenvalue weighted by atomic mass is 35.5. The maximum absolute atomic E-state index is 12.1. The Labute approximate surface area is 177 Å². The predicted molar refractivity (Wildman–Crippen MR) is 110 cm³/mol. The normalized spacial score (nSPS) is 10.6. The number of amides is 2. The van der Waals surface area contributed by atoms with Gasteiger partial charge in [0.15, 0.2) is 11.5 Å². The van der Waals surface area contributed by atoms with Gasteiger partial charge in [-0.2, -0.15) is 0 Å². The van der Waals surface area contributed by atoms with Crippen molar-refractivity contribution in [3.05, 3.63) is 62.6 Å². The van der Waals surface area contributed by atoms with Crippen LogP contribution in [0.4, 0.5) is 0 Å². The SMILES string of the molecule is CCOc1c(Cl)cc(/C=C/C(=O)NNC(=O)c2cc(Cl)ccc2Cl)cc1OC. The Bertz CT molecular complexity index is 916. The van der Waals surface area contributed by atoms with Gasteiger partial charge in [0, 0.05) is 11.1 Å². The molecule has 2 aromatic carbocycles. The molecule has 0 atom stereocenters. The van der Waals surface area contributed by atoms with Crippen LogP contribution >= 0.6 is 34.8 Å². The summed E-state index contributed by atoms with van der Waals surface area (Å²) in [5.41, 5.74) is 5.27. The molecule has 9 heteroatoms. The van der Waals surface area contributed by atoms with E-state index in [1.165, 1.54) is 31.4 Å². The second-order valence-corrected chi connectivity index (χ2v) is 6.62. The predicted octanol–water partition coefficient (Wildman–Crippen LogP) is 4.53. The number of hydrogen-bond donors (Lipinski definition) is 2. The second kappa shape index (κ2) is 10.2. The Hall–Kier alpha value is -2.41. The average Bonchev–Trinajstić information content (AvgIpc) is 2.68. The molecule has 0 aromatic heterocycles. The lowest BCUT2D eigenvalue weighted by molar-refractivity contribution is -0.117. The number of carbonyl (C=O) groups excluding carboxylic acids is 2. The second-order valence-electron chi connectivity index (χ2n) is 5.37. The number of ether oxygens (including phenoxy) is 2. The van der Waals surface area contributed by atoms with Gasteiger partial charge >= 0.3 is 0 Å². The van der Waals surface area contributed by atoms with Gasteiger partial charge < -0.3 is 9.47 Å². The summed E-state index contributed by atoms with van der Waals surface area (Å²) in [6.45, 7) is 2.27. The first kappa shape index (κ1) is 21.9. The molecule has 148 valence electrons. The number of hydrazine groups is 1. The van der Waals surface area contributed by atoms with E-state index in [1.807, 2.05) is 6.92 Å². The standard InChI is InChI=1S/C19H17Cl3N2O4/c1-3-28-18-15(22)8-11(9-16(18)27-2)4-7-17(25)23-24-19(26)13-10-12(20)5-6-14(13)21/h4-10H,3H2,1-2H3,(H,23,25)(H,24,26)/b7-4+. The number of hydrogen-bond acceptors (Lipinski definition) is 4. The van der Waals surface area contributed by atoms with Crippen LogP contribution in [-0.4, -0.2) is 25.5 Å². The minimum Gasteiger partial charge on any atom is -0.493 e. The number of nitrogens with one attached hydrogen (secondary N) is 2. The zero-order valence-corrected chi connectivity index (χ0v) is 17.3.